The summed E-state index contributed by atoms with van der Waals surface area (Å²) in [6.45, 7) is 1.10. The number of hydrogen-bond donors (Lipinski definition) is 1. The Bertz CT molecular complexity index is 260. The van der Waals surface area contributed by atoms with Gasteiger partial charge in [-0.25, -0.2) is 8.78 Å². The van der Waals surface area contributed by atoms with E-state index in [2.05, 4.69) is 5.10 Å². The lowest BCUT2D eigenvalue weighted by Crippen LogP contribution is -2.06. The molecule has 12 heavy (non-hydrogen) atoms. The smallest absolute Gasteiger partial charge is 0.257 e. The van der Waals surface area contributed by atoms with Crippen molar-refractivity contribution in [2.45, 2.75) is 26.5 Å². The Balaban J connectivity index is 2.75. The molecule has 1 N–H and O–H groups in total. The van der Waals surface area contributed by atoms with Gasteiger partial charge in [0.2, 0.25) is 0 Å². The summed E-state index contributed by atoms with van der Waals surface area (Å²) in [5.74, 6) is 0. The van der Waals surface area contributed by atoms with Gasteiger partial charge in [-0.05, 0) is 6.92 Å². The Morgan fingerprint density at radius 3 is 2.75 bits per heavy atom. The van der Waals surface area contributed by atoms with E-state index >= 15 is 0 Å². The second-order valence-corrected chi connectivity index (χ2v) is 2.51. The maximum Gasteiger partial charge on any atom is 0.257 e. The Kier molecular flexibility index (Phi) is 2.75. The predicted molar refractivity (Wildman–Crippen MR) is 38.9 cm³/mol. The second kappa shape index (κ2) is 3.62. The monoisotopic (exact) mass is 176 g/mol. The van der Waals surface area contributed by atoms with Gasteiger partial charge in [0.05, 0.1) is 12.3 Å². The SMILES string of the molecule is Cc1nn(CC(F)F)cc1CO. The molecule has 0 aliphatic carbocycles. The fourth-order valence-electron chi connectivity index (χ4n) is 0.949. The topological polar surface area (TPSA) is 38.0 Å². The van der Waals surface area contributed by atoms with Gasteiger partial charge in [-0.15, -0.1) is 0 Å². The van der Waals surface area contributed by atoms with Crippen molar-refractivity contribution in [3.63, 3.8) is 0 Å². The highest BCUT2D eigenvalue weighted by molar-refractivity contribution is 5.13. The van der Waals surface area contributed by atoms with Gasteiger partial charge in [0, 0.05) is 11.8 Å². The molecule has 0 spiro atoms. The van der Waals surface area contributed by atoms with Crippen molar-refractivity contribution in [3.8, 4) is 0 Å². The molecule has 0 fully saturated rings. The minimum atomic E-state index is -2.41. The third-order valence-corrected chi connectivity index (χ3v) is 1.54. The molecule has 0 unspecified atom stereocenters. The fourth-order valence-corrected chi connectivity index (χ4v) is 0.949. The van der Waals surface area contributed by atoms with E-state index < -0.39 is 13.0 Å². The summed E-state index contributed by atoms with van der Waals surface area (Å²) in [4.78, 5) is 0. The first-order valence-electron chi connectivity index (χ1n) is 3.55. The number of alkyl halides is 2. The van der Waals surface area contributed by atoms with Crippen LogP contribution in [0.4, 0.5) is 8.78 Å². The van der Waals surface area contributed by atoms with Crippen LogP contribution in [0.2, 0.25) is 0 Å². The molecule has 0 radical (unpaired) electrons. The Morgan fingerprint density at radius 1 is 1.67 bits per heavy atom. The number of hydrogen-bond acceptors (Lipinski definition) is 2. The van der Waals surface area contributed by atoms with Crippen molar-refractivity contribution >= 4 is 0 Å². The van der Waals surface area contributed by atoms with Crippen LogP contribution in [-0.4, -0.2) is 21.3 Å². The molecule has 1 heterocycles. The van der Waals surface area contributed by atoms with Crippen LogP contribution in [0.25, 0.3) is 0 Å². The van der Waals surface area contributed by atoms with Gasteiger partial charge in [-0.1, -0.05) is 0 Å². The zero-order valence-corrected chi connectivity index (χ0v) is 6.67. The lowest BCUT2D eigenvalue weighted by atomic mass is 10.3. The summed E-state index contributed by atoms with van der Waals surface area (Å²) in [6, 6.07) is 0. The van der Waals surface area contributed by atoms with E-state index in [-0.39, 0.29) is 6.61 Å². The number of aliphatic hydroxyl groups is 1. The van der Waals surface area contributed by atoms with Crippen molar-refractivity contribution in [2.75, 3.05) is 0 Å². The number of halogens is 2. The van der Waals surface area contributed by atoms with Gasteiger partial charge in [0.1, 0.15) is 6.54 Å². The summed E-state index contributed by atoms with van der Waals surface area (Å²) in [7, 11) is 0. The average Bonchev–Trinajstić information content (AvgIpc) is 2.29. The molecule has 0 aliphatic heterocycles. The molecule has 0 saturated heterocycles. The maximum absolute atomic E-state index is 11.8. The summed E-state index contributed by atoms with van der Waals surface area (Å²) >= 11 is 0. The van der Waals surface area contributed by atoms with Gasteiger partial charge in [0.15, 0.2) is 0 Å². The number of aryl methyl sites for hydroxylation is 1. The molecule has 1 aromatic heterocycles. The van der Waals surface area contributed by atoms with Crippen LogP contribution in [0.3, 0.4) is 0 Å². The highest BCUT2D eigenvalue weighted by Gasteiger charge is 2.07. The van der Waals surface area contributed by atoms with E-state index in [9.17, 15) is 8.78 Å². The number of nitrogens with zero attached hydrogens (tertiary/aromatic N) is 2. The second-order valence-electron chi connectivity index (χ2n) is 2.51. The fraction of sp³-hybridized carbons (Fsp3) is 0.571. The van der Waals surface area contributed by atoms with E-state index in [1.165, 1.54) is 6.20 Å². The normalized spacial score (nSPS) is 11.1. The van der Waals surface area contributed by atoms with Crippen molar-refractivity contribution in [3.05, 3.63) is 17.5 Å². The molecular formula is C7H10F2N2O. The molecule has 0 bridgehead atoms. The number of aromatic nitrogens is 2. The zero-order chi connectivity index (χ0) is 9.14. The van der Waals surface area contributed by atoms with Crippen LogP contribution >= 0.6 is 0 Å². The predicted octanol–water partition coefficient (Wildman–Crippen LogP) is 0.949. The van der Waals surface area contributed by atoms with E-state index in [0.29, 0.717) is 11.3 Å². The van der Waals surface area contributed by atoms with Crippen molar-refractivity contribution in [1.29, 1.82) is 0 Å². The van der Waals surface area contributed by atoms with Gasteiger partial charge in [0.25, 0.3) is 6.43 Å². The van der Waals surface area contributed by atoms with Crippen LogP contribution in [0.15, 0.2) is 6.20 Å². The van der Waals surface area contributed by atoms with Crippen LogP contribution in [0, 0.1) is 6.92 Å². The highest BCUT2D eigenvalue weighted by atomic mass is 19.3. The minimum absolute atomic E-state index is 0.158. The lowest BCUT2D eigenvalue weighted by Gasteiger charge is -1.97. The van der Waals surface area contributed by atoms with Crippen LogP contribution in [0.5, 0.6) is 0 Å². The van der Waals surface area contributed by atoms with Crippen molar-refractivity contribution in [2.24, 2.45) is 0 Å². The van der Waals surface area contributed by atoms with Crippen LogP contribution in [0.1, 0.15) is 11.3 Å². The van der Waals surface area contributed by atoms with Crippen molar-refractivity contribution in [1.82, 2.24) is 9.78 Å². The molecule has 3 nitrogen and oxygen atoms in total. The van der Waals surface area contributed by atoms with Gasteiger partial charge < -0.3 is 5.11 Å². The first-order valence-corrected chi connectivity index (χ1v) is 3.55. The summed E-state index contributed by atoms with van der Waals surface area (Å²) in [6.07, 6.45) is -0.975. The van der Waals surface area contributed by atoms with E-state index in [0.717, 1.165) is 4.68 Å². The van der Waals surface area contributed by atoms with Gasteiger partial charge in [-0.2, -0.15) is 5.10 Å². The number of rotatable bonds is 3. The lowest BCUT2D eigenvalue weighted by molar-refractivity contribution is 0.121. The molecule has 0 atom stereocenters. The number of aliphatic hydroxyl groups excluding tert-OH is 1. The largest absolute Gasteiger partial charge is 0.392 e. The van der Waals surface area contributed by atoms with Crippen LogP contribution in [-0.2, 0) is 13.2 Å². The first kappa shape index (κ1) is 9.12. The maximum atomic E-state index is 11.8. The third kappa shape index (κ3) is 2.01. The first-order chi connectivity index (χ1) is 5.63. The summed E-state index contributed by atoms with van der Waals surface area (Å²) in [5, 5.41) is 12.5. The summed E-state index contributed by atoms with van der Waals surface area (Å²) in [5.41, 5.74) is 1.19. The standard InChI is InChI=1S/C7H10F2N2O/c1-5-6(4-12)2-11(10-5)3-7(8)9/h2,7,12H,3-4H2,1H3. The molecule has 0 aromatic carbocycles. The minimum Gasteiger partial charge on any atom is -0.392 e. The van der Waals surface area contributed by atoms with Crippen molar-refractivity contribution < 1.29 is 13.9 Å². The molecule has 0 amide bonds. The molecular weight excluding hydrogens is 166 g/mol. The van der Waals surface area contributed by atoms with E-state index in [1.54, 1.807) is 6.92 Å². The third-order valence-electron chi connectivity index (χ3n) is 1.54. The molecule has 0 saturated carbocycles. The highest BCUT2D eigenvalue weighted by Crippen LogP contribution is 2.06. The van der Waals surface area contributed by atoms with E-state index in [1.807, 2.05) is 0 Å². The van der Waals surface area contributed by atoms with E-state index in [4.69, 9.17) is 5.11 Å². The molecule has 68 valence electrons. The van der Waals surface area contributed by atoms with Gasteiger partial charge >= 0.3 is 0 Å². The molecule has 1 aromatic rings. The summed E-state index contributed by atoms with van der Waals surface area (Å²) < 4.78 is 24.8. The molecule has 1 rings (SSSR count). The molecule has 0 aliphatic rings. The average molecular weight is 176 g/mol. The zero-order valence-electron chi connectivity index (χ0n) is 6.67. The molecule has 5 heteroatoms. The van der Waals surface area contributed by atoms with Crippen LogP contribution < -0.4 is 0 Å². The Morgan fingerprint density at radius 2 is 2.33 bits per heavy atom. The van der Waals surface area contributed by atoms with Gasteiger partial charge in [-0.3, -0.25) is 4.68 Å². The quantitative estimate of drug-likeness (QED) is 0.744. The Labute approximate surface area is 68.6 Å². The Hall–Kier alpha value is -0.970.